The molecule has 3 saturated carbocycles. The fourth-order valence-electron chi connectivity index (χ4n) is 5.46. The number of benzene rings is 2. The van der Waals surface area contributed by atoms with Gasteiger partial charge in [0.15, 0.2) is 22.8 Å². The molecule has 238 valence electrons. The molecule has 3 aromatic rings. The summed E-state index contributed by atoms with van der Waals surface area (Å²) in [6.45, 7) is -1.27. The summed E-state index contributed by atoms with van der Waals surface area (Å²) in [4.78, 5) is 17.9. The molecule has 4 aliphatic rings. The van der Waals surface area contributed by atoms with Gasteiger partial charge in [-0.1, -0.05) is 11.6 Å². The number of nitrogens with two attached hydrogens (primary N) is 1. The fourth-order valence-corrected chi connectivity index (χ4v) is 5.64. The number of nitrogens with zero attached hydrogens (tertiary/aromatic N) is 1. The molecule has 0 radical (unpaired) electrons. The largest absolute Gasteiger partial charge is 0.488 e. The zero-order valence-corrected chi connectivity index (χ0v) is 24.7. The minimum Gasteiger partial charge on any atom is -0.488 e. The minimum absolute atomic E-state index is 0.0660. The van der Waals surface area contributed by atoms with Crippen molar-refractivity contribution in [1.82, 2.24) is 10.3 Å². The first-order chi connectivity index (χ1) is 21.4. The van der Waals surface area contributed by atoms with Gasteiger partial charge >= 0.3 is 6.18 Å². The Kier molecular flexibility index (Phi) is 7.18. The van der Waals surface area contributed by atoms with Crippen LogP contribution in [0.1, 0.15) is 60.1 Å². The summed E-state index contributed by atoms with van der Waals surface area (Å²) in [6, 6.07) is 9.54. The van der Waals surface area contributed by atoms with E-state index in [1.165, 1.54) is 12.1 Å². The Morgan fingerprint density at radius 1 is 1.04 bits per heavy atom. The molecule has 0 unspecified atom stereocenters. The molecular weight excluding hydrogens is 618 g/mol. The van der Waals surface area contributed by atoms with Crippen LogP contribution in [0.2, 0.25) is 5.02 Å². The number of carbonyl (C=O) groups excluding carboxylic acids is 1. The second-order valence-corrected chi connectivity index (χ2v) is 12.7. The number of hydrogen-bond donors (Lipinski definition) is 3. The van der Waals surface area contributed by atoms with E-state index >= 15 is 0 Å². The molecule has 45 heavy (non-hydrogen) atoms. The molecule has 3 fully saturated rings. The summed E-state index contributed by atoms with van der Waals surface area (Å²) in [5.74, 6) is -0.873. The van der Waals surface area contributed by atoms with Crippen LogP contribution >= 0.6 is 11.6 Å². The lowest BCUT2D eigenvalue weighted by molar-refractivity contribution is -0.191. The zero-order chi connectivity index (χ0) is 31.7. The van der Waals surface area contributed by atoms with E-state index in [2.05, 4.69) is 10.3 Å². The van der Waals surface area contributed by atoms with Gasteiger partial charge in [-0.3, -0.25) is 4.79 Å². The highest BCUT2D eigenvalue weighted by atomic mass is 35.5. The van der Waals surface area contributed by atoms with E-state index in [-0.39, 0.29) is 52.0 Å². The highest BCUT2D eigenvalue weighted by Crippen LogP contribution is 2.52. The Hall–Kier alpha value is -3.61. The molecule has 8 nitrogen and oxygen atoms in total. The highest BCUT2D eigenvalue weighted by Gasteiger charge is 2.59. The summed E-state index contributed by atoms with van der Waals surface area (Å²) in [6.07, 6.45) is 0.138. The average Bonchev–Trinajstić information content (AvgIpc) is 3.85. The fraction of sp³-hybridized carbons (Fsp3) is 0.438. The van der Waals surface area contributed by atoms with E-state index < -0.39 is 47.1 Å². The lowest BCUT2D eigenvalue weighted by Crippen LogP contribution is -2.52. The Bertz CT molecular complexity index is 1680. The van der Waals surface area contributed by atoms with E-state index in [1.807, 2.05) is 0 Å². The molecular formula is C32H30ClF4N3O5. The van der Waals surface area contributed by atoms with Crippen LogP contribution in [0.25, 0.3) is 11.3 Å². The number of halogens is 5. The van der Waals surface area contributed by atoms with Crippen molar-refractivity contribution in [1.29, 1.82) is 0 Å². The molecule has 3 aliphatic carbocycles. The molecule has 0 spiro atoms. The number of fused-ring (bicyclic) bond motifs is 1. The molecule has 0 saturated heterocycles. The lowest BCUT2D eigenvalue weighted by atomic mass is 9.86. The zero-order valence-electron chi connectivity index (χ0n) is 23.9. The van der Waals surface area contributed by atoms with Crippen LogP contribution in [0.4, 0.5) is 17.6 Å². The van der Waals surface area contributed by atoms with Crippen LogP contribution < -0.4 is 25.3 Å². The van der Waals surface area contributed by atoms with Crippen LogP contribution in [0.3, 0.4) is 0 Å². The number of carbonyl (C=O) groups is 1. The smallest absolute Gasteiger partial charge is 0.414 e. The molecule has 0 bridgehead atoms. The van der Waals surface area contributed by atoms with Crippen LogP contribution in [-0.2, 0) is 11.1 Å². The Labute approximate surface area is 260 Å². The average molecular weight is 648 g/mol. The number of nitrogens with one attached hydrogen (secondary N) is 1. The maximum Gasteiger partial charge on any atom is 0.414 e. The number of aliphatic hydroxyl groups is 1. The van der Waals surface area contributed by atoms with Crippen molar-refractivity contribution < 1.29 is 41.7 Å². The van der Waals surface area contributed by atoms with Crippen LogP contribution in [0, 0.1) is 11.7 Å². The van der Waals surface area contributed by atoms with Gasteiger partial charge in [-0.2, -0.15) is 13.2 Å². The number of rotatable bonds is 10. The quantitative estimate of drug-likeness (QED) is 0.240. The number of alkyl halides is 3. The number of ether oxygens (including phenoxy) is 3. The number of aromatic nitrogens is 1. The minimum atomic E-state index is -4.91. The Morgan fingerprint density at radius 2 is 1.73 bits per heavy atom. The van der Waals surface area contributed by atoms with Crippen molar-refractivity contribution in [3.63, 3.8) is 0 Å². The predicted octanol–water partition coefficient (Wildman–Crippen LogP) is 5.76. The summed E-state index contributed by atoms with van der Waals surface area (Å²) >= 11 is 5.99. The Balaban J connectivity index is 1.23. The van der Waals surface area contributed by atoms with Crippen molar-refractivity contribution >= 4 is 17.5 Å². The number of amides is 1. The van der Waals surface area contributed by atoms with Crippen LogP contribution in [0.15, 0.2) is 42.5 Å². The molecule has 4 N–H and O–H groups in total. The first kappa shape index (κ1) is 30.1. The maximum atomic E-state index is 14.3. The van der Waals surface area contributed by atoms with Crippen molar-refractivity contribution in [2.75, 3.05) is 13.2 Å². The molecule has 7 rings (SSSR count). The third kappa shape index (κ3) is 5.68. The molecule has 2 atom stereocenters. The van der Waals surface area contributed by atoms with Gasteiger partial charge in [0.25, 0.3) is 5.91 Å². The summed E-state index contributed by atoms with van der Waals surface area (Å²) < 4.78 is 74.3. The topological polar surface area (TPSA) is 116 Å². The third-order valence-electron chi connectivity index (χ3n) is 8.65. The number of pyridine rings is 1. The van der Waals surface area contributed by atoms with Crippen molar-refractivity contribution in [3.05, 3.63) is 70.1 Å². The highest BCUT2D eigenvalue weighted by molar-refractivity contribution is 6.31. The van der Waals surface area contributed by atoms with Crippen LogP contribution in [-0.4, -0.2) is 47.5 Å². The van der Waals surface area contributed by atoms with Crippen molar-refractivity contribution in [3.8, 4) is 28.5 Å². The third-order valence-corrected chi connectivity index (χ3v) is 8.94. The maximum absolute atomic E-state index is 14.3. The molecule has 2 heterocycles. The van der Waals surface area contributed by atoms with E-state index in [1.54, 1.807) is 18.2 Å². The summed E-state index contributed by atoms with van der Waals surface area (Å²) in [5, 5.41) is 14.5. The van der Waals surface area contributed by atoms with E-state index in [0.717, 1.165) is 37.8 Å². The lowest BCUT2D eigenvalue weighted by Gasteiger charge is -2.31. The Morgan fingerprint density at radius 3 is 2.36 bits per heavy atom. The van der Waals surface area contributed by atoms with Gasteiger partial charge in [0.05, 0.1) is 29.5 Å². The van der Waals surface area contributed by atoms with Gasteiger partial charge in [-0.05, 0) is 86.9 Å². The standard InChI is InChI=1S/C32H30ClF4N3O5/c33-22-11-16(1-9-23(22)34)27-28-21(31(38,15-43-28)32(35,36)37)13-26(40-27)30(42,18-3-4-18)14-39-29(41)17-2-10-24(44-19-5-6-19)25(12-17)45-20-7-8-20/h1-2,9-13,18-20,42H,3-8,14-15,38H2,(H,39,41)/t30-,31+/m1/s1. The molecule has 13 heteroatoms. The monoisotopic (exact) mass is 647 g/mol. The molecule has 1 aromatic heterocycles. The van der Waals surface area contributed by atoms with Gasteiger partial charge < -0.3 is 30.4 Å². The van der Waals surface area contributed by atoms with Crippen molar-refractivity contribution in [2.45, 2.75) is 68.0 Å². The van der Waals surface area contributed by atoms with Gasteiger partial charge in [0, 0.05) is 16.7 Å². The first-order valence-electron chi connectivity index (χ1n) is 14.8. The first-order valence-corrected chi connectivity index (χ1v) is 15.2. The van der Waals surface area contributed by atoms with Gasteiger partial charge in [-0.15, -0.1) is 0 Å². The summed E-state index contributed by atoms with van der Waals surface area (Å²) in [7, 11) is 0. The number of hydrogen-bond acceptors (Lipinski definition) is 7. The van der Waals surface area contributed by atoms with Gasteiger partial charge in [0.1, 0.15) is 23.7 Å². The molecule has 1 amide bonds. The summed E-state index contributed by atoms with van der Waals surface area (Å²) in [5.41, 5.74) is 0.959. The van der Waals surface area contributed by atoms with Gasteiger partial charge in [-0.25, -0.2) is 9.37 Å². The van der Waals surface area contributed by atoms with Crippen molar-refractivity contribution in [2.24, 2.45) is 11.7 Å². The van der Waals surface area contributed by atoms with E-state index in [9.17, 15) is 27.5 Å². The van der Waals surface area contributed by atoms with Crippen LogP contribution in [0.5, 0.6) is 17.2 Å². The predicted molar refractivity (Wildman–Crippen MR) is 155 cm³/mol. The normalized spacial score (nSPS) is 22.3. The molecule has 1 aliphatic heterocycles. The second kappa shape index (κ2) is 10.7. The SMILES string of the molecule is N[C@@]1(C(F)(F)F)COc2c1cc([C@@](O)(CNC(=O)c1ccc(OC3CC3)c(OC3CC3)c1)C1CC1)nc2-c1ccc(F)c(Cl)c1. The second-order valence-electron chi connectivity index (χ2n) is 12.3. The van der Waals surface area contributed by atoms with E-state index in [4.69, 9.17) is 31.5 Å². The van der Waals surface area contributed by atoms with E-state index in [0.29, 0.717) is 24.3 Å². The molecule has 2 aromatic carbocycles. The van der Waals surface area contributed by atoms with Gasteiger partial charge in [0.2, 0.25) is 0 Å².